The van der Waals surface area contributed by atoms with E-state index in [1.54, 1.807) is 0 Å². The Kier molecular flexibility index (Phi) is 5.38. The zero-order valence-electron chi connectivity index (χ0n) is 25.2. The molecule has 0 aliphatic rings. The van der Waals surface area contributed by atoms with Crippen molar-refractivity contribution in [3.63, 3.8) is 0 Å². The van der Waals surface area contributed by atoms with Crippen LogP contribution in [-0.2, 0) is 0 Å². The second-order valence-corrected chi connectivity index (χ2v) is 12.5. The smallest absolute Gasteiger partial charge is 0.00987 e. The summed E-state index contributed by atoms with van der Waals surface area (Å²) < 4.78 is 0. The largest absolute Gasteiger partial charge is 0.0616 e. The van der Waals surface area contributed by atoms with Gasteiger partial charge in [-0.1, -0.05) is 146 Å². The number of fused-ring (bicyclic) bond motifs is 9. The predicted octanol–water partition coefficient (Wildman–Crippen LogP) is 13.1. The molecule has 46 heavy (non-hydrogen) atoms. The Balaban J connectivity index is 1.20. The molecule has 0 aromatic heterocycles. The molecule has 10 aromatic carbocycles. The molecule has 0 aliphatic carbocycles. The molecule has 0 nitrogen and oxygen atoms in total. The van der Waals surface area contributed by atoms with Crippen LogP contribution in [0.1, 0.15) is 0 Å². The van der Waals surface area contributed by atoms with Crippen molar-refractivity contribution in [1.82, 2.24) is 0 Å². The van der Waals surface area contributed by atoms with Crippen molar-refractivity contribution in [2.75, 3.05) is 0 Å². The fraction of sp³-hybridized carbons (Fsp3) is 0. The molecule has 0 saturated carbocycles. The summed E-state index contributed by atoms with van der Waals surface area (Å²) in [6.07, 6.45) is 0. The Bertz CT molecular complexity index is 2660. The van der Waals surface area contributed by atoms with Crippen molar-refractivity contribution in [3.05, 3.63) is 170 Å². The minimum Gasteiger partial charge on any atom is -0.0616 e. The van der Waals surface area contributed by atoms with E-state index >= 15 is 0 Å². The van der Waals surface area contributed by atoms with Crippen LogP contribution in [0.4, 0.5) is 0 Å². The van der Waals surface area contributed by atoms with Gasteiger partial charge in [0, 0.05) is 0 Å². The lowest BCUT2D eigenvalue weighted by Gasteiger charge is -2.16. The summed E-state index contributed by atoms with van der Waals surface area (Å²) in [6, 6.07) is 63.0. The number of benzene rings is 10. The molecule has 10 aromatic rings. The van der Waals surface area contributed by atoms with Crippen molar-refractivity contribution in [2.24, 2.45) is 0 Å². The van der Waals surface area contributed by atoms with Crippen LogP contribution in [0.3, 0.4) is 0 Å². The van der Waals surface area contributed by atoms with Crippen LogP contribution in [0.5, 0.6) is 0 Å². The number of rotatable bonds is 2. The van der Waals surface area contributed by atoms with Crippen molar-refractivity contribution in [3.8, 4) is 22.3 Å². The van der Waals surface area contributed by atoms with Crippen LogP contribution < -0.4 is 0 Å². The quantitative estimate of drug-likeness (QED) is 0.141. The Labute approximate surface area is 266 Å². The molecule has 0 N–H and O–H groups in total. The highest BCUT2D eigenvalue weighted by Gasteiger charge is 2.15. The zero-order chi connectivity index (χ0) is 30.2. The molecule has 0 saturated heterocycles. The molecule has 0 bridgehead atoms. The first-order chi connectivity index (χ1) is 22.8. The van der Waals surface area contributed by atoms with Gasteiger partial charge in [-0.05, 0) is 122 Å². The molecule has 0 heterocycles. The van der Waals surface area contributed by atoms with Crippen LogP contribution in [0, 0.1) is 0 Å². The Hall–Kier alpha value is -5.98. The Morgan fingerprint density at radius 3 is 0.978 bits per heavy atom. The fourth-order valence-corrected chi connectivity index (χ4v) is 7.80. The first kappa shape index (κ1) is 25.4. The lowest BCUT2D eigenvalue weighted by Crippen LogP contribution is -1.89. The summed E-state index contributed by atoms with van der Waals surface area (Å²) in [5.74, 6) is 0. The van der Waals surface area contributed by atoms with Gasteiger partial charge in [0.2, 0.25) is 0 Å². The lowest BCUT2D eigenvalue weighted by molar-refractivity contribution is 1.67. The summed E-state index contributed by atoms with van der Waals surface area (Å²) in [7, 11) is 0. The molecule has 10 rings (SSSR count). The van der Waals surface area contributed by atoms with Gasteiger partial charge in [-0.2, -0.15) is 0 Å². The van der Waals surface area contributed by atoms with E-state index in [-0.39, 0.29) is 0 Å². The normalized spacial score (nSPS) is 11.9. The molecular formula is C46H28. The van der Waals surface area contributed by atoms with Gasteiger partial charge in [0.05, 0.1) is 0 Å². The van der Waals surface area contributed by atoms with E-state index in [9.17, 15) is 0 Å². The second kappa shape index (κ2) is 9.76. The summed E-state index contributed by atoms with van der Waals surface area (Å²) in [5.41, 5.74) is 5.07. The Morgan fingerprint density at radius 2 is 0.522 bits per heavy atom. The van der Waals surface area contributed by atoms with E-state index in [0.717, 1.165) is 0 Å². The van der Waals surface area contributed by atoms with Gasteiger partial charge in [-0.15, -0.1) is 0 Å². The van der Waals surface area contributed by atoms with Crippen LogP contribution >= 0.6 is 0 Å². The average molecular weight is 581 g/mol. The van der Waals surface area contributed by atoms with Gasteiger partial charge >= 0.3 is 0 Å². The van der Waals surface area contributed by atoms with Crippen molar-refractivity contribution >= 4 is 75.4 Å². The molecule has 212 valence electrons. The molecular weight excluding hydrogens is 553 g/mol. The fourth-order valence-electron chi connectivity index (χ4n) is 7.80. The maximum atomic E-state index is 2.35. The van der Waals surface area contributed by atoms with Gasteiger partial charge in [0.15, 0.2) is 0 Å². The minimum absolute atomic E-state index is 1.27. The SMILES string of the molecule is c1ccc2cc3c(ccc4c(-c5ccc(-c6cccc7c6ccc6cc8ccccc8cc67)c6ccccc56)cccc43)cc2c1. The predicted molar refractivity (Wildman–Crippen MR) is 200 cm³/mol. The molecule has 0 heteroatoms. The summed E-state index contributed by atoms with van der Waals surface area (Å²) in [4.78, 5) is 0. The third kappa shape index (κ3) is 3.74. The van der Waals surface area contributed by atoms with Crippen molar-refractivity contribution in [2.45, 2.75) is 0 Å². The summed E-state index contributed by atoms with van der Waals surface area (Å²) in [5, 5.41) is 18.0. The van der Waals surface area contributed by atoms with E-state index in [1.165, 1.54) is 97.7 Å². The average Bonchev–Trinajstić information content (AvgIpc) is 3.12. The number of hydrogen-bond donors (Lipinski definition) is 0. The summed E-state index contributed by atoms with van der Waals surface area (Å²) in [6.45, 7) is 0. The highest BCUT2D eigenvalue weighted by Crippen LogP contribution is 2.42. The highest BCUT2D eigenvalue weighted by molar-refractivity contribution is 6.20. The van der Waals surface area contributed by atoms with E-state index < -0.39 is 0 Å². The number of hydrogen-bond acceptors (Lipinski definition) is 0. The van der Waals surface area contributed by atoms with Gasteiger partial charge in [-0.3, -0.25) is 0 Å². The molecule has 0 unspecified atom stereocenters. The lowest BCUT2D eigenvalue weighted by atomic mass is 9.87. The molecule has 0 fully saturated rings. The third-order valence-corrected chi connectivity index (χ3v) is 9.99. The van der Waals surface area contributed by atoms with Gasteiger partial charge in [-0.25, -0.2) is 0 Å². The van der Waals surface area contributed by atoms with Crippen LogP contribution in [-0.4, -0.2) is 0 Å². The maximum Gasteiger partial charge on any atom is -0.00987 e. The topological polar surface area (TPSA) is 0 Å². The molecule has 0 amide bonds. The monoisotopic (exact) mass is 580 g/mol. The zero-order valence-corrected chi connectivity index (χ0v) is 25.2. The Morgan fingerprint density at radius 1 is 0.174 bits per heavy atom. The van der Waals surface area contributed by atoms with E-state index in [1.807, 2.05) is 0 Å². The molecule has 0 aliphatic heterocycles. The molecule has 0 radical (unpaired) electrons. The van der Waals surface area contributed by atoms with Crippen LogP contribution in [0.25, 0.3) is 97.7 Å². The second-order valence-electron chi connectivity index (χ2n) is 12.5. The van der Waals surface area contributed by atoms with Crippen molar-refractivity contribution in [1.29, 1.82) is 0 Å². The van der Waals surface area contributed by atoms with Crippen LogP contribution in [0.2, 0.25) is 0 Å². The van der Waals surface area contributed by atoms with Gasteiger partial charge < -0.3 is 0 Å². The van der Waals surface area contributed by atoms with E-state index in [0.29, 0.717) is 0 Å². The summed E-state index contributed by atoms with van der Waals surface area (Å²) >= 11 is 0. The van der Waals surface area contributed by atoms with E-state index in [4.69, 9.17) is 0 Å². The molecule has 0 atom stereocenters. The van der Waals surface area contributed by atoms with Crippen molar-refractivity contribution < 1.29 is 0 Å². The minimum atomic E-state index is 1.27. The van der Waals surface area contributed by atoms with Crippen LogP contribution in [0.15, 0.2) is 170 Å². The van der Waals surface area contributed by atoms with Gasteiger partial charge in [0.25, 0.3) is 0 Å². The van der Waals surface area contributed by atoms with Gasteiger partial charge in [0.1, 0.15) is 0 Å². The maximum absolute atomic E-state index is 2.35. The first-order valence-electron chi connectivity index (χ1n) is 16.0. The van der Waals surface area contributed by atoms with E-state index in [2.05, 4.69) is 170 Å². The third-order valence-electron chi connectivity index (χ3n) is 9.99. The highest BCUT2D eigenvalue weighted by atomic mass is 14.2. The standard InChI is InChI=1S/C46H28/c1-3-11-31-27-45-33(25-29(31)9-1)19-21-41-37(15-7-17-39(41)45)43-23-24-44(36-14-6-5-13-35(36)43)38-16-8-18-40-42(38)22-20-34-26-30-10-2-4-12-32(30)28-46(34)40/h1-28H. The first-order valence-corrected chi connectivity index (χ1v) is 16.0. The molecule has 0 spiro atoms.